The Hall–Kier alpha value is -3.18. The Morgan fingerprint density at radius 1 is 0.963 bits per heavy atom. The van der Waals surface area contributed by atoms with Gasteiger partial charge in [-0.15, -0.1) is 11.3 Å². The van der Waals surface area contributed by atoms with Gasteiger partial charge >= 0.3 is 0 Å². The van der Waals surface area contributed by atoms with E-state index in [-0.39, 0.29) is 0 Å². The van der Waals surface area contributed by atoms with Crippen LogP contribution in [0.3, 0.4) is 0 Å². The van der Waals surface area contributed by atoms with Crippen LogP contribution in [0.1, 0.15) is 5.56 Å². The minimum Gasteiger partial charge on any atom is -0.369 e. The summed E-state index contributed by atoms with van der Waals surface area (Å²) in [5.74, 6) is 0.903. The van der Waals surface area contributed by atoms with Crippen LogP contribution in [0.2, 0.25) is 0 Å². The van der Waals surface area contributed by atoms with Crippen molar-refractivity contribution in [3.63, 3.8) is 0 Å². The Labute approximate surface area is 160 Å². The number of anilines is 1. The molecule has 0 radical (unpaired) electrons. The third-order valence-electron chi connectivity index (χ3n) is 4.82. The largest absolute Gasteiger partial charge is 0.369 e. The standard InChI is InChI=1S/C22H18N4S/c1-2-6-15(7-3-1)18-13-27-22-20(18)21(25-14-26-22)23-11-10-16-12-24-19-9-5-4-8-17(16)19/h1-9,12-14,24H,10-11H2,(H,23,25,26). The second-order valence-electron chi connectivity index (χ2n) is 6.45. The van der Waals surface area contributed by atoms with Crippen LogP contribution in [0.5, 0.6) is 0 Å². The van der Waals surface area contributed by atoms with Crippen molar-refractivity contribution >= 4 is 38.3 Å². The molecule has 0 spiro atoms. The molecule has 4 nitrogen and oxygen atoms in total. The first-order valence-electron chi connectivity index (χ1n) is 8.96. The smallest absolute Gasteiger partial charge is 0.138 e. The summed E-state index contributed by atoms with van der Waals surface area (Å²) >= 11 is 1.66. The number of benzene rings is 2. The molecule has 5 rings (SSSR count). The maximum absolute atomic E-state index is 4.52. The van der Waals surface area contributed by atoms with Crippen molar-refractivity contribution in [2.45, 2.75) is 6.42 Å². The van der Waals surface area contributed by atoms with Gasteiger partial charge in [-0.1, -0.05) is 48.5 Å². The maximum Gasteiger partial charge on any atom is 0.138 e. The first kappa shape index (κ1) is 16.0. The molecule has 0 saturated heterocycles. The number of aromatic amines is 1. The number of rotatable bonds is 5. The van der Waals surface area contributed by atoms with Crippen molar-refractivity contribution in [2.75, 3.05) is 11.9 Å². The quantitative estimate of drug-likeness (QED) is 0.430. The molecule has 132 valence electrons. The molecule has 0 aliphatic carbocycles. The number of H-pyrrole nitrogens is 1. The normalized spacial score (nSPS) is 11.3. The SMILES string of the molecule is c1ccc(-c2csc3ncnc(NCCc4c[nH]c5ccccc45)c23)cc1. The summed E-state index contributed by atoms with van der Waals surface area (Å²) in [6.07, 6.45) is 4.67. The fraction of sp³-hybridized carbons (Fsp3) is 0.0909. The van der Waals surface area contributed by atoms with Crippen LogP contribution in [0.4, 0.5) is 5.82 Å². The third-order valence-corrected chi connectivity index (χ3v) is 5.70. The van der Waals surface area contributed by atoms with Crippen LogP contribution < -0.4 is 5.32 Å². The Balaban J connectivity index is 1.43. The highest BCUT2D eigenvalue weighted by molar-refractivity contribution is 7.17. The first-order valence-corrected chi connectivity index (χ1v) is 9.84. The Morgan fingerprint density at radius 2 is 1.81 bits per heavy atom. The second-order valence-corrected chi connectivity index (χ2v) is 7.31. The van der Waals surface area contributed by atoms with Crippen LogP contribution in [0, 0.1) is 0 Å². The molecule has 0 unspecified atom stereocenters. The summed E-state index contributed by atoms with van der Waals surface area (Å²) in [5.41, 5.74) is 4.88. The molecule has 5 aromatic rings. The highest BCUT2D eigenvalue weighted by Gasteiger charge is 2.13. The van der Waals surface area contributed by atoms with Gasteiger partial charge in [0.25, 0.3) is 0 Å². The van der Waals surface area contributed by atoms with E-state index in [0.717, 1.165) is 29.0 Å². The molecule has 3 heterocycles. The number of hydrogen-bond donors (Lipinski definition) is 2. The first-order chi connectivity index (χ1) is 13.4. The van der Waals surface area contributed by atoms with E-state index in [1.54, 1.807) is 17.7 Å². The van der Waals surface area contributed by atoms with Gasteiger partial charge in [0.1, 0.15) is 17.0 Å². The topological polar surface area (TPSA) is 53.6 Å². The molecule has 0 amide bonds. The van der Waals surface area contributed by atoms with Gasteiger partial charge in [0.15, 0.2) is 0 Å². The monoisotopic (exact) mass is 370 g/mol. The predicted molar refractivity (Wildman–Crippen MR) is 113 cm³/mol. The molecule has 0 saturated carbocycles. The average Bonchev–Trinajstić information content (AvgIpc) is 3.34. The predicted octanol–water partition coefficient (Wildman–Crippen LogP) is 5.49. The molecule has 27 heavy (non-hydrogen) atoms. The lowest BCUT2D eigenvalue weighted by molar-refractivity contribution is 1.01. The van der Waals surface area contributed by atoms with Crippen molar-refractivity contribution in [3.8, 4) is 11.1 Å². The van der Waals surface area contributed by atoms with E-state index in [0.29, 0.717) is 0 Å². The highest BCUT2D eigenvalue weighted by atomic mass is 32.1. The zero-order chi connectivity index (χ0) is 18.1. The average molecular weight is 370 g/mol. The van der Waals surface area contributed by atoms with Gasteiger partial charge in [0.2, 0.25) is 0 Å². The van der Waals surface area contributed by atoms with Crippen LogP contribution in [0.25, 0.3) is 32.2 Å². The summed E-state index contributed by atoms with van der Waals surface area (Å²) in [5, 5.41) is 8.08. The van der Waals surface area contributed by atoms with Crippen LogP contribution >= 0.6 is 11.3 Å². The Bertz CT molecular complexity index is 1210. The molecule has 3 aromatic heterocycles. The number of nitrogens with one attached hydrogen (secondary N) is 2. The highest BCUT2D eigenvalue weighted by Crippen LogP contribution is 2.36. The Morgan fingerprint density at radius 3 is 2.74 bits per heavy atom. The van der Waals surface area contributed by atoms with Gasteiger partial charge in [-0.2, -0.15) is 0 Å². The number of para-hydroxylation sites is 1. The van der Waals surface area contributed by atoms with Crippen molar-refractivity contribution in [3.05, 3.63) is 78.1 Å². The fourth-order valence-corrected chi connectivity index (χ4v) is 4.41. The van der Waals surface area contributed by atoms with Crippen molar-refractivity contribution in [2.24, 2.45) is 0 Å². The van der Waals surface area contributed by atoms with Crippen LogP contribution in [-0.4, -0.2) is 21.5 Å². The number of hydrogen-bond acceptors (Lipinski definition) is 4. The molecule has 5 heteroatoms. The van der Waals surface area contributed by atoms with Gasteiger partial charge in [0, 0.05) is 34.6 Å². The zero-order valence-corrected chi connectivity index (χ0v) is 15.5. The number of aromatic nitrogens is 3. The van der Waals surface area contributed by atoms with E-state index in [1.807, 2.05) is 6.07 Å². The van der Waals surface area contributed by atoms with E-state index >= 15 is 0 Å². The van der Waals surface area contributed by atoms with Crippen molar-refractivity contribution in [1.29, 1.82) is 0 Å². The van der Waals surface area contributed by atoms with Gasteiger partial charge in [-0.3, -0.25) is 0 Å². The van der Waals surface area contributed by atoms with Crippen molar-refractivity contribution < 1.29 is 0 Å². The van der Waals surface area contributed by atoms with E-state index in [9.17, 15) is 0 Å². The van der Waals surface area contributed by atoms with Gasteiger partial charge < -0.3 is 10.3 Å². The van der Waals surface area contributed by atoms with E-state index in [1.165, 1.54) is 27.6 Å². The number of fused-ring (bicyclic) bond motifs is 2. The van der Waals surface area contributed by atoms with E-state index < -0.39 is 0 Å². The Kier molecular flexibility index (Phi) is 4.07. The summed E-state index contributed by atoms with van der Waals surface area (Å²) < 4.78 is 0. The van der Waals surface area contributed by atoms with E-state index in [2.05, 4.69) is 80.4 Å². The van der Waals surface area contributed by atoms with Crippen LogP contribution in [-0.2, 0) is 6.42 Å². The minimum absolute atomic E-state index is 0.817. The summed E-state index contributed by atoms with van der Waals surface area (Å²) in [6.45, 7) is 0.817. The van der Waals surface area contributed by atoms with Gasteiger partial charge in [-0.25, -0.2) is 9.97 Å². The molecule has 0 fully saturated rings. The van der Waals surface area contributed by atoms with Gasteiger partial charge in [-0.05, 0) is 23.6 Å². The molecule has 2 N–H and O–H groups in total. The third kappa shape index (κ3) is 2.96. The molecule has 0 aliphatic heterocycles. The maximum atomic E-state index is 4.52. The molecule has 0 atom stereocenters. The lowest BCUT2D eigenvalue weighted by Crippen LogP contribution is -2.06. The summed E-state index contributed by atoms with van der Waals surface area (Å²) in [4.78, 5) is 13.3. The molecule has 2 aromatic carbocycles. The fourth-order valence-electron chi connectivity index (χ4n) is 3.49. The number of nitrogens with zero attached hydrogens (tertiary/aromatic N) is 2. The molecular weight excluding hydrogens is 352 g/mol. The molecule has 0 aliphatic rings. The zero-order valence-electron chi connectivity index (χ0n) is 14.6. The lowest BCUT2D eigenvalue weighted by Gasteiger charge is -2.08. The summed E-state index contributed by atoms with van der Waals surface area (Å²) in [6, 6.07) is 18.8. The summed E-state index contributed by atoms with van der Waals surface area (Å²) in [7, 11) is 0. The van der Waals surface area contributed by atoms with E-state index in [4.69, 9.17) is 0 Å². The van der Waals surface area contributed by atoms with Gasteiger partial charge in [0.05, 0.1) is 5.39 Å². The molecular formula is C22H18N4S. The van der Waals surface area contributed by atoms with Crippen molar-refractivity contribution in [1.82, 2.24) is 15.0 Å². The van der Waals surface area contributed by atoms with Crippen LogP contribution in [0.15, 0.2) is 72.5 Å². The minimum atomic E-state index is 0.817. The lowest BCUT2D eigenvalue weighted by atomic mass is 10.1. The number of thiophene rings is 1. The molecule has 0 bridgehead atoms. The second kappa shape index (κ2) is 6.85.